The zero-order valence-electron chi connectivity index (χ0n) is 5.97. The summed E-state index contributed by atoms with van der Waals surface area (Å²) in [5.74, 6) is -3.05. The van der Waals surface area contributed by atoms with Crippen LogP contribution >= 0.6 is 0 Å². The van der Waals surface area contributed by atoms with Gasteiger partial charge in [0.05, 0.1) is 6.61 Å². The van der Waals surface area contributed by atoms with E-state index < -0.39 is 36.3 Å². The second-order valence-electron chi connectivity index (χ2n) is 2.31. The average Bonchev–Trinajstić information content (AvgIpc) is 2.08. The molecule has 0 aromatic heterocycles. The summed E-state index contributed by atoms with van der Waals surface area (Å²) in [5.41, 5.74) is 0. The monoisotopic (exact) mass is 176 g/mol. The van der Waals surface area contributed by atoms with Crippen molar-refractivity contribution >= 4 is 5.97 Å². The molecule has 0 aromatic rings. The van der Waals surface area contributed by atoms with Crippen molar-refractivity contribution in [3.05, 3.63) is 11.5 Å². The van der Waals surface area contributed by atoms with E-state index in [9.17, 15) is 4.79 Å². The first kappa shape index (κ1) is 8.82. The molecule has 0 saturated heterocycles. The highest BCUT2D eigenvalue weighted by molar-refractivity contribution is 5.87. The van der Waals surface area contributed by atoms with Crippen molar-refractivity contribution in [2.24, 2.45) is 0 Å². The first-order chi connectivity index (χ1) is 5.57. The Bertz CT molecular complexity index is 232. The van der Waals surface area contributed by atoms with E-state index in [2.05, 4.69) is 4.74 Å². The molecule has 6 nitrogen and oxygen atoms in total. The number of carbonyl (C=O) groups is 1. The molecule has 68 valence electrons. The van der Waals surface area contributed by atoms with Crippen LogP contribution in [0.4, 0.5) is 0 Å². The lowest BCUT2D eigenvalue weighted by Crippen LogP contribution is -2.41. The van der Waals surface area contributed by atoms with Crippen LogP contribution in [-0.2, 0) is 9.53 Å². The third-order valence-corrected chi connectivity index (χ3v) is 1.51. The van der Waals surface area contributed by atoms with Gasteiger partial charge in [-0.3, -0.25) is 0 Å². The van der Waals surface area contributed by atoms with Gasteiger partial charge in [-0.05, 0) is 0 Å². The largest absolute Gasteiger partial charge is 0.506 e. The van der Waals surface area contributed by atoms with Crippen LogP contribution in [0.5, 0.6) is 0 Å². The maximum atomic E-state index is 10.6. The fraction of sp³-hybridized carbons (Fsp3) is 0.500. The van der Waals surface area contributed by atoms with Gasteiger partial charge in [-0.25, -0.2) is 4.79 Å². The van der Waals surface area contributed by atoms with Crippen molar-refractivity contribution in [3.63, 3.8) is 0 Å². The lowest BCUT2D eigenvalue weighted by atomic mass is 10.1. The summed E-state index contributed by atoms with van der Waals surface area (Å²) >= 11 is 0. The van der Waals surface area contributed by atoms with E-state index in [0.29, 0.717) is 0 Å². The number of hydrogen-bond acceptors (Lipinski definition) is 6. The van der Waals surface area contributed by atoms with Crippen LogP contribution in [0.3, 0.4) is 0 Å². The van der Waals surface area contributed by atoms with Gasteiger partial charge in [-0.15, -0.1) is 0 Å². The van der Waals surface area contributed by atoms with E-state index in [1.807, 2.05) is 0 Å². The molecule has 1 rings (SSSR count). The SMILES string of the molecule is O=C1OC(CO)C(O)C(O)=C1O. The maximum absolute atomic E-state index is 10.6. The Hall–Kier alpha value is -1.27. The van der Waals surface area contributed by atoms with Gasteiger partial charge in [0.25, 0.3) is 0 Å². The Morgan fingerprint density at radius 2 is 2.00 bits per heavy atom. The molecule has 2 unspecified atom stereocenters. The van der Waals surface area contributed by atoms with Crippen molar-refractivity contribution in [2.75, 3.05) is 6.61 Å². The molecule has 1 aliphatic heterocycles. The minimum absolute atomic E-state index is 0.621. The summed E-state index contributed by atoms with van der Waals surface area (Å²) in [4.78, 5) is 10.6. The molecule has 0 spiro atoms. The molecule has 1 aliphatic rings. The van der Waals surface area contributed by atoms with Gasteiger partial charge >= 0.3 is 5.97 Å². The predicted molar refractivity (Wildman–Crippen MR) is 35.3 cm³/mol. The fourth-order valence-electron chi connectivity index (χ4n) is 0.816. The maximum Gasteiger partial charge on any atom is 0.377 e. The van der Waals surface area contributed by atoms with Gasteiger partial charge in [-0.1, -0.05) is 0 Å². The van der Waals surface area contributed by atoms with E-state index in [1.54, 1.807) is 0 Å². The zero-order valence-corrected chi connectivity index (χ0v) is 5.97. The van der Waals surface area contributed by atoms with Gasteiger partial charge in [0, 0.05) is 0 Å². The van der Waals surface area contributed by atoms with Crippen molar-refractivity contribution in [2.45, 2.75) is 12.2 Å². The van der Waals surface area contributed by atoms with Gasteiger partial charge in [0.1, 0.15) is 0 Å². The Morgan fingerprint density at radius 1 is 1.42 bits per heavy atom. The lowest BCUT2D eigenvalue weighted by molar-refractivity contribution is -0.161. The highest BCUT2D eigenvalue weighted by Crippen LogP contribution is 2.18. The number of ether oxygens (including phenoxy) is 1. The van der Waals surface area contributed by atoms with Crippen molar-refractivity contribution in [3.8, 4) is 0 Å². The minimum Gasteiger partial charge on any atom is -0.506 e. The Labute approximate surface area is 67.3 Å². The molecular weight excluding hydrogens is 168 g/mol. The summed E-state index contributed by atoms with van der Waals surface area (Å²) < 4.78 is 4.32. The average molecular weight is 176 g/mol. The summed E-state index contributed by atoms with van der Waals surface area (Å²) in [6.45, 7) is -0.621. The molecule has 0 amide bonds. The van der Waals surface area contributed by atoms with Gasteiger partial charge in [0.15, 0.2) is 18.0 Å². The first-order valence-corrected chi connectivity index (χ1v) is 3.20. The van der Waals surface area contributed by atoms with Gasteiger partial charge in [0.2, 0.25) is 5.76 Å². The van der Waals surface area contributed by atoms with E-state index in [1.165, 1.54) is 0 Å². The zero-order chi connectivity index (χ0) is 9.30. The van der Waals surface area contributed by atoms with Crippen LogP contribution in [0.15, 0.2) is 11.5 Å². The van der Waals surface area contributed by atoms with Crippen LogP contribution in [-0.4, -0.2) is 45.2 Å². The quantitative estimate of drug-likeness (QED) is 0.366. The third-order valence-electron chi connectivity index (χ3n) is 1.51. The molecule has 0 aliphatic carbocycles. The molecule has 0 fully saturated rings. The second-order valence-corrected chi connectivity index (χ2v) is 2.31. The molecule has 2 atom stereocenters. The Kier molecular flexibility index (Phi) is 2.20. The number of aliphatic hydroxyl groups is 4. The smallest absolute Gasteiger partial charge is 0.377 e. The van der Waals surface area contributed by atoms with Crippen molar-refractivity contribution < 1.29 is 30.0 Å². The predicted octanol–water partition coefficient (Wildman–Crippen LogP) is -1.41. The first-order valence-electron chi connectivity index (χ1n) is 3.20. The van der Waals surface area contributed by atoms with Crippen LogP contribution in [0.2, 0.25) is 0 Å². The number of rotatable bonds is 1. The van der Waals surface area contributed by atoms with E-state index in [-0.39, 0.29) is 0 Å². The fourth-order valence-corrected chi connectivity index (χ4v) is 0.816. The van der Waals surface area contributed by atoms with Crippen LogP contribution in [0.1, 0.15) is 0 Å². The van der Waals surface area contributed by atoms with Gasteiger partial charge in [-0.2, -0.15) is 0 Å². The van der Waals surface area contributed by atoms with Crippen molar-refractivity contribution in [1.29, 1.82) is 0 Å². The molecule has 6 heteroatoms. The molecule has 0 aromatic carbocycles. The Morgan fingerprint density at radius 3 is 2.50 bits per heavy atom. The van der Waals surface area contributed by atoms with Crippen molar-refractivity contribution in [1.82, 2.24) is 0 Å². The molecule has 0 radical (unpaired) electrons. The van der Waals surface area contributed by atoms with Crippen LogP contribution in [0, 0.1) is 0 Å². The summed E-state index contributed by atoms with van der Waals surface area (Å²) in [6, 6.07) is 0. The third kappa shape index (κ3) is 1.21. The summed E-state index contributed by atoms with van der Waals surface area (Å²) in [5, 5.41) is 35.2. The second kappa shape index (κ2) is 3.00. The number of cyclic esters (lactones) is 1. The molecule has 4 N–H and O–H groups in total. The van der Waals surface area contributed by atoms with Gasteiger partial charge < -0.3 is 25.2 Å². The molecule has 0 saturated carbocycles. The number of hydrogen-bond donors (Lipinski definition) is 4. The molecular formula is C6H8O6. The van der Waals surface area contributed by atoms with E-state index in [4.69, 9.17) is 20.4 Å². The highest BCUT2D eigenvalue weighted by Gasteiger charge is 2.36. The van der Waals surface area contributed by atoms with E-state index in [0.717, 1.165) is 0 Å². The van der Waals surface area contributed by atoms with Crippen LogP contribution in [0.25, 0.3) is 0 Å². The number of esters is 1. The lowest BCUT2D eigenvalue weighted by Gasteiger charge is -2.24. The van der Waals surface area contributed by atoms with Crippen LogP contribution < -0.4 is 0 Å². The number of aliphatic hydroxyl groups excluding tert-OH is 4. The topological polar surface area (TPSA) is 107 Å². The molecule has 0 bridgehead atoms. The summed E-state index contributed by atoms with van der Waals surface area (Å²) in [6.07, 6.45) is -2.78. The Balaban J connectivity index is 2.93. The minimum atomic E-state index is -1.56. The number of carbonyl (C=O) groups excluding carboxylic acids is 1. The summed E-state index contributed by atoms with van der Waals surface area (Å²) in [7, 11) is 0. The standard InChI is InChI=1S/C6H8O6/c7-1-2-3(8)4(9)5(10)6(11)12-2/h2-3,7-10H,1H2. The normalized spacial score (nSPS) is 30.3. The highest BCUT2D eigenvalue weighted by atomic mass is 16.6. The molecule has 1 heterocycles. The molecule has 12 heavy (non-hydrogen) atoms. The van der Waals surface area contributed by atoms with E-state index >= 15 is 0 Å².